The molecule has 9 heteroatoms. The zero-order valence-corrected chi connectivity index (χ0v) is 17.1. The highest BCUT2D eigenvalue weighted by Gasteiger charge is 2.15. The van der Waals surface area contributed by atoms with E-state index in [1.165, 1.54) is 36.4 Å². The molecule has 0 aliphatic heterocycles. The van der Waals surface area contributed by atoms with Crippen LogP contribution in [0.25, 0.3) is 0 Å². The maximum absolute atomic E-state index is 12.6. The maximum Gasteiger partial charge on any atom is 0.261 e. The summed E-state index contributed by atoms with van der Waals surface area (Å²) in [7, 11) is -2.13. The summed E-state index contributed by atoms with van der Waals surface area (Å²) in [5.74, 6) is -0.0906. The first-order chi connectivity index (χ1) is 14.5. The van der Waals surface area contributed by atoms with Crippen LogP contribution >= 0.6 is 0 Å². The molecular formula is C21H21N3O5S. The van der Waals surface area contributed by atoms with Gasteiger partial charge in [-0.2, -0.15) is 0 Å². The van der Waals surface area contributed by atoms with E-state index >= 15 is 0 Å². The van der Waals surface area contributed by atoms with Gasteiger partial charge in [-0.25, -0.2) is 13.4 Å². The summed E-state index contributed by atoms with van der Waals surface area (Å²) in [6.07, 6.45) is 1.56. The van der Waals surface area contributed by atoms with Crippen molar-refractivity contribution in [3.8, 4) is 5.88 Å². The second-order valence-electron chi connectivity index (χ2n) is 6.15. The van der Waals surface area contributed by atoms with Gasteiger partial charge >= 0.3 is 0 Å². The first kappa shape index (κ1) is 21.3. The summed E-state index contributed by atoms with van der Waals surface area (Å²) in [6.45, 7) is 0.691. The third kappa shape index (κ3) is 5.56. The second-order valence-corrected chi connectivity index (χ2v) is 7.83. The molecule has 2 N–H and O–H groups in total. The fourth-order valence-electron chi connectivity index (χ4n) is 2.52. The number of benzene rings is 2. The van der Waals surface area contributed by atoms with E-state index in [0.29, 0.717) is 30.2 Å². The average molecular weight is 427 g/mol. The van der Waals surface area contributed by atoms with Crippen molar-refractivity contribution < 1.29 is 22.7 Å². The van der Waals surface area contributed by atoms with Crippen LogP contribution in [0.15, 0.2) is 77.8 Å². The molecule has 1 aromatic heterocycles. The first-order valence-electron chi connectivity index (χ1n) is 9.05. The summed E-state index contributed by atoms with van der Waals surface area (Å²) in [5, 5.41) is 2.74. The van der Waals surface area contributed by atoms with Crippen LogP contribution in [0.2, 0.25) is 0 Å². The highest BCUT2D eigenvalue weighted by molar-refractivity contribution is 7.92. The molecule has 0 radical (unpaired) electrons. The highest BCUT2D eigenvalue weighted by Crippen LogP contribution is 2.22. The molecule has 0 bridgehead atoms. The Labute approximate surface area is 174 Å². The van der Waals surface area contributed by atoms with E-state index in [1.807, 2.05) is 0 Å². The van der Waals surface area contributed by atoms with Gasteiger partial charge in [0.15, 0.2) is 0 Å². The van der Waals surface area contributed by atoms with Crippen LogP contribution in [-0.4, -0.2) is 39.6 Å². The second kappa shape index (κ2) is 9.86. The van der Waals surface area contributed by atoms with Crippen molar-refractivity contribution in [2.24, 2.45) is 0 Å². The quantitative estimate of drug-likeness (QED) is 0.508. The van der Waals surface area contributed by atoms with Crippen molar-refractivity contribution in [1.29, 1.82) is 0 Å². The van der Waals surface area contributed by atoms with Gasteiger partial charge in [-0.15, -0.1) is 0 Å². The molecule has 0 atom stereocenters. The Bertz CT molecular complexity index is 1090. The molecule has 0 aliphatic rings. The molecule has 1 amide bonds. The fourth-order valence-corrected chi connectivity index (χ4v) is 3.60. The normalized spacial score (nSPS) is 11.0. The number of sulfonamides is 1. The van der Waals surface area contributed by atoms with Crippen LogP contribution in [0.1, 0.15) is 10.4 Å². The number of pyridine rings is 1. The third-order valence-corrected chi connectivity index (χ3v) is 5.40. The number of methoxy groups -OCH3 is 1. The Morgan fingerprint density at radius 1 is 0.967 bits per heavy atom. The van der Waals surface area contributed by atoms with Crippen molar-refractivity contribution in [3.63, 3.8) is 0 Å². The van der Waals surface area contributed by atoms with E-state index in [1.54, 1.807) is 43.6 Å². The molecule has 0 saturated carbocycles. The summed E-state index contributed by atoms with van der Waals surface area (Å²) in [5.41, 5.74) is 1.12. The number of ether oxygens (including phenoxy) is 2. The van der Waals surface area contributed by atoms with E-state index in [9.17, 15) is 13.2 Å². The molecule has 0 saturated heterocycles. The smallest absolute Gasteiger partial charge is 0.261 e. The Morgan fingerprint density at radius 2 is 1.70 bits per heavy atom. The van der Waals surface area contributed by atoms with Crippen molar-refractivity contribution >= 4 is 27.3 Å². The van der Waals surface area contributed by atoms with Crippen molar-refractivity contribution in [3.05, 3.63) is 78.5 Å². The summed E-state index contributed by atoms with van der Waals surface area (Å²) in [6, 6.07) is 17.5. The lowest BCUT2D eigenvalue weighted by Crippen LogP contribution is -2.15. The molecule has 156 valence electrons. The van der Waals surface area contributed by atoms with Gasteiger partial charge in [0.25, 0.3) is 15.9 Å². The van der Waals surface area contributed by atoms with Crippen LogP contribution < -0.4 is 14.8 Å². The van der Waals surface area contributed by atoms with Crippen molar-refractivity contribution in [1.82, 2.24) is 4.98 Å². The number of carbonyl (C=O) groups excluding carboxylic acids is 1. The molecule has 0 aliphatic carbocycles. The molecule has 1 heterocycles. The Hall–Kier alpha value is -3.43. The van der Waals surface area contributed by atoms with Gasteiger partial charge in [-0.3, -0.25) is 9.52 Å². The summed E-state index contributed by atoms with van der Waals surface area (Å²) in [4.78, 5) is 16.8. The topological polar surface area (TPSA) is 107 Å². The predicted octanol–water partition coefficient (Wildman–Crippen LogP) is 3.16. The predicted molar refractivity (Wildman–Crippen MR) is 113 cm³/mol. The lowest BCUT2D eigenvalue weighted by molar-refractivity contribution is 0.102. The van der Waals surface area contributed by atoms with Gasteiger partial charge < -0.3 is 14.8 Å². The number of carbonyl (C=O) groups is 1. The molecule has 8 nitrogen and oxygen atoms in total. The molecular weight excluding hydrogens is 406 g/mol. The van der Waals surface area contributed by atoms with Gasteiger partial charge in [0.2, 0.25) is 5.88 Å². The molecule has 3 aromatic rings. The Morgan fingerprint density at radius 3 is 2.40 bits per heavy atom. The van der Waals surface area contributed by atoms with Crippen molar-refractivity contribution in [2.45, 2.75) is 4.90 Å². The van der Waals surface area contributed by atoms with E-state index < -0.39 is 10.0 Å². The minimum absolute atomic E-state index is 0.157. The largest absolute Gasteiger partial charge is 0.474 e. The van der Waals surface area contributed by atoms with Gasteiger partial charge in [-0.1, -0.05) is 18.2 Å². The molecule has 0 fully saturated rings. The number of nitrogens with one attached hydrogen (secondary N) is 2. The zero-order valence-electron chi connectivity index (χ0n) is 16.2. The number of hydrogen-bond acceptors (Lipinski definition) is 6. The zero-order chi connectivity index (χ0) is 21.4. The average Bonchev–Trinajstić information content (AvgIpc) is 2.76. The fraction of sp³-hybridized carbons (Fsp3) is 0.143. The third-order valence-electron chi connectivity index (χ3n) is 4.00. The highest BCUT2D eigenvalue weighted by atomic mass is 32.2. The molecule has 2 aromatic carbocycles. The first-order valence-corrected chi connectivity index (χ1v) is 10.5. The molecule has 3 rings (SSSR count). The Kier molecular flexibility index (Phi) is 6.99. The van der Waals surface area contributed by atoms with Gasteiger partial charge in [0, 0.05) is 24.6 Å². The monoisotopic (exact) mass is 427 g/mol. The van der Waals surface area contributed by atoms with Crippen LogP contribution in [0.4, 0.5) is 11.4 Å². The van der Waals surface area contributed by atoms with Crippen LogP contribution in [0.5, 0.6) is 5.88 Å². The maximum atomic E-state index is 12.6. The standard InChI is InChI=1S/C21H21N3O5S/c1-28-14-15-29-21-19(8-5-13-22-21)23-20(25)16-9-11-17(12-10-16)24-30(26,27)18-6-3-2-4-7-18/h2-13,24H,14-15H2,1H3,(H,23,25). The summed E-state index contributed by atoms with van der Waals surface area (Å²) < 4.78 is 37.7. The van der Waals surface area contributed by atoms with E-state index in [0.717, 1.165) is 0 Å². The minimum Gasteiger partial charge on any atom is -0.474 e. The number of anilines is 2. The number of nitrogens with zero attached hydrogens (tertiary/aromatic N) is 1. The number of rotatable bonds is 9. The van der Waals surface area contributed by atoms with E-state index in [-0.39, 0.29) is 16.7 Å². The lowest BCUT2D eigenvalue weighted by atomic mass is 10.2. The minimum atomic E-state index is -3.70. The van der Waals surface area contributed by atoms with E-state index in [2.05, 4.69) is 15.0 Å². The van der Waals surface area contributed by atoms with Crippen molar-refractivity contribution in [2.75, 3.05) is 30.4 Å². The van der Waals surface area contributed by atoms with Gasteiger partial charge in [0.1, 0.15) is 12.3 Å². The number of aromatic nitrogens is 1. The van der Waals surface area contributed by atoms with Gasteiger partial charge in [0.05, 0.1) is 11.5 Å². The van der Waals surface area contributed by atoms with Crippen LogP contribution in [0.3, 0.4) is 0 Å². The molecule has 0 spiro atoms. The SMILES string of the molecule is COCCOc1ncccc1NC(=O)c1ccc(NS(=O)(=O)c2ccccc2)cc1. The molecule has 0 unspecified atom stereocenters. The number of hydrogen-bond donors (Lipinski definition) is 2. The number of amides is 1. The summed E-state index contributed by atoms with van der Waals surface area (Å²) >= 11 is 0. The van der Waals surface area contributed by atoms with Crippen LogP contribution in [0, 0.1) is 0 Å². The van der Waals surface area contributed by atoms with E-state index in [4.69, 9.17) is 9.47 Å². The van der Waals surface area contributed by atoms with Gasteiger partial charge in [-0.05, 0) is 48.5 Å². The Balaban J connectivity index is 1.67. The molecule has 30 heavy (non-hydrogen) atoms. The van der Waals surface area contributed by atoms with Crippen LogP contribution in [-0.2, 0) is 14.8 Å². The lowest BCUT2D eigenvalue weighted by Gasteiger charge is -2.12.